The average molecular weight is 437 g/mol. The summed E-state index contributed by atoms with van der Waals surface area (Å²) in [6, 6.07) is 36.2. The molecule has 0 saturated carbocycles. The summed E-state index contributed by atoms with van der Waals surface area (Å²) in [6.45, 7) is -0.231. The molecule has 164 valence electrons. The van der Waals surface area contributed by atoms with Gasteiger partial charge in [0.15, 0.2) is 6.61 Å². The first-order chi connectivity index (χ1) is 16.2. The number of para-hydroxylation sites is 1. The second-order valence-electron chi connectivity index (χ2n) is 7.44. The van der Waals surface area contributed by atoms with Crippen molar-refractivity contribution in [1.29, 1.82) is 0 Å². The molecule has 0 heterocycles. The van der Waals surface area contributed by atoms with Gasteiger partial charge in [-0.25, -0.2) is 0 Å². The van der Waals surface area contributed by atoms with Crippen LogP contribution in [-0.2, 0) is 9.59 Å². The van der Waals surface area contributed by atoms with Crippen LogP contribution in [0.5, 0.6) is 5.75 Å². The molecule has 33 heavy (non-hydrogen) atoms. The number of nitrogens with one attached hydrogen (secondary N) is 2. The van der Waals surface area contributed by atoms with E-state index in [-0.39, 0.29) is 12.5 Å². The van der Waals surface area contributed by atoms with E-state index in [2.05, 4.69) is 10.9 Å². The number of carbonyl (C=O) groups is 2. The van der Waals surface area contributed by atoms with Crippen LogP contribution in [0.4, 0.5) is 0 Å². The number of rotatable bonds is 7. The van der Waals surface area contributed by atoms with Gasteiger partial charge in [0, 0.05) is 5.56 Å². The van der Waals surface area contributed by atoms with Gasteiger partial charge in [0.25, 0.3) is 5.91 Å². The van der Waals surface area contributed by atoms with Crippen LogP contribution in [0, 0.1) is 0 Å². The maximum atomic E-state index is 13.0. The Kier molecular flexibility index (Phi) is 7.13. The maximum Gasteiger partial charge on any atom is 0.276 e. The zero-order chi connectivity index (χ0) is 22.9. The minimum atomic E-state index is -0.549. The molecule has 2 N–H and O–H groups in total. The first-order valence-electron chi connectivity index (χ1n) is 10.7. The van der Waals surface area contributed by atoms with E-state index in [4.69, 9.17) is 4.74 Å². The van der Waals surface area contributed by atoms with Gasteiger partial charge in [0.05, 0.1) is 5.92 Å². The topological polar surface area (TPSA) is 67.4 Å². The minimum absolute atomic E-state index is 0.231. The standard InChI is InChI=1S/C28H24N2O3/c31-26(20-33-25-19-11-10-18-24(25)21-12-4-1-5-13-21)29-30-28(32)27(22-14-6-2-7-15-22)23-16-8-3-9-17-23/h1-19,27H,20H2,(H,29,31)(H,30,32). The van der Waals surface area contributed by atoms with Crippen LogP contribution < -0.4 is 15.6 Å². The van der Waals surface area contributed by atoms with E-state index in [0.29, 0.717) is 5.75 Å². The molecule has 0 aliphatic heterocycles. The molecule has 0 spiro atoms. The van der Waals surface area contributed by atoms with Crippen molar-refractivity contribution in [1.82, 2.24) is 10.9 Å². The lowest BCUT2D eigenvalue weighted by Crippen LogP contribution is -2.46. The molecule has 4 rings (SSSR count). The van der Waals surface area contributed by atoms with Gasteiger partial charge >= 0.3 is 0 Å². The molecule has 0 saturated heterocycles. The van der Waals surface area contributed by atoms with Gasteiger partial charge in [-0.1, -0.05) is 109 Å². The second kappa shape index (κ2) is 10.8. The van der Waals surface area contributed by atoms with Crippen LogP contribution in [0.1, 0.15) is 17.0 Å². The van der Waals surface area contributed by atoms with E-state index in [1.807, 2.05) is 115 Å². The van der Waals surface area contributed by atoms with E-state index in [1.165, 1.54) is 0 Å². The number of benzene rings is 4. The molecule has 0 fully saturated rings. The highest BCUT2D eigenvalue weighted by Crippen LogP contribution is 2.29. The quantitative estimate of drug-likeness (QED) is 0.412. The Balaban J connectivity index is 1.39. The average Bonchev–Trinajstić information content (AvgIpc) is 2.88. The third-order valence-corrected chi connectivity index (χ3v) is 5.18. The van der Waals surface area contributed by atoms with E-state index < -0.39 is 11.8 Å². The first kappa shape index (κ1) is 21.8. The fraction of sp³-hybridized carbons (Fsp3) is 0.0714. The molecule has 5 nitrogen and oxygen atoms in total. The van der Waals surface area contributed by atoms with Gasteiger partial charge in [0.1, 0.15) is 5.75 Å². The van der Waals surface area contributed by atoms with Gasteiger partial charge in [-0.2, -0.15) is 0 Å². The normalized spacial score (nSPS) is 10.5. The van der Waals surface area contributed by atoms with E-state index in [0.717, 1.165) is 22.3 Å². The Morgan fingerprint density at radius 3 is 1.76 bits per heavy atom. The molecule has 5 heteroatoms. The van der Waals surface area contributed by atoms with Crippen molar-refractivity contribution in [3.05, 3.63) is 126 Å². The van der Waals surface area contributed by atoms with Gasteiger partial charge in [-0.15, -0.1) is 0 Å². The predicted octanol–water partition coefficient (Wildman–Crippen LogP) is 4.71. The third-order valence-electron chi connectivity index (χ3n) is 5.18. The van der Waals surface area contributed by atoms with Crippen molar-refractivity contribution in [2.75, 3.05) is 6.61 Å². The van der Waals surface area contributed by atoms with E-state index >= 15 is 0 Å². The largest absolute Gasteiger partial charge is 0.483 e. The molecule has 0 bridgehead atoms. The minimum Gasteiger partial charge on any atom is -0.483 e. The molecule has 0 aromatic heterocycles. The summed E-state index contributed by atoms with van der Waals surface area (Å²) >= 11 is 0. The second-order valence-corrected chi connectivity index (χ2v) is 7.44. The highest BCUT2D eigenvalue weighted by Gasteiger charge is 2.23. The summed E-state index contributed by atoms with van der Waals surface area (Å²) < 4.78 is 5.75. The Labute approximate surface area is 193 Å². The van der Waals surface area contributed by atoms with E-state index in [9.17, 15) is 9.59 Å². The molecule has 0 aliphatic carbocycles. The molecule has 0 unspecified atom stereocenters. The Hall–Kier alpha value is -4.38. The third kappa shape index (κ3) is 5.66. The van der Waals surface area contributed by atoms with Crippen molar-refractivity contribution < 1.29 is 14.3 Å². The zero-order valence-electron chi connectivity index (χ0n) is 18.0. The SMILES string of the molecule is O=C(COc1ccccc1-c1ccccc1)NNC(=O)C(c1ccccc1)c1ccccc1. The lowest BCUT2D eigenvalue weighted by Gasteiger charge is -2.18. The first-order valence-corrected chi connectivity index (χ1v) is 10.7. The zero-order valence-corrected chi connectivity index (χ0v) is 18.0. The summed E-state index contributed by atoms with van der Waals surface area (Å²) in [5.41, 5.74) is 8.57. The number of hydrogen-bond donors (Lipinski definition) is 2. The highest BCUT2D eigenvalue weighted by molar-refractivity contribution is 5.89. The summed E-state index contributed by atoms with van der Waals surface area (Å²) in [4.78, 5) is 25.4. The highest BCUT2D eigenvalue weighted by atomic mass is 16.5. The molecule has 0 atom stereocenters. The number of carbonyl (C=O) groups excluding carboxylic acids is 2. The Bertz CT molecular complexity index is 1160. The van der Waals surface area contributed by atoms with Gasteiger partial charge in [0.2, 0.25) is 5.91 Å². The predicted molar refractivity (Wildman–Crippen MR) is 128 cm³/mol. The molecule has 4 aromatic carbocycles. The smallest absolute Gasteiger partial charge is 0.276 e. The molecule has 0 aliphatic rings. The van der Waals surface area contributed by atoms with E-state index in [1.54, 1.807) is 0 Å². The lowest BCUT2D eigenvalue weighted by molar-refractivity contribution is -0.130. The van der Waals surface area contributed by atoms with Crippen LogP contribution >= 0.6 is 0 Å². The maximum absolute atomic E-state index is 13.0. The summed E-state index contributed by atoms with van der Waals surface area (Å²) in [7, 11) is 0. The van der Waals surface area contributed by atoms with Crippen LogP contribution in [0.3, 0.4) is 0 Å². The molecule has 0 radical (unpaired) electrons. The number of hydrazine groups is 1. The fourth-order valence-electron chi connectivity index (χ4n) is 3.62. The molecular formula is C28H24N2O3. The summed E-state index contributed by atoms with van der Waals surface area (Å²) in [5, 5.41) is 0. The summed E-state index contributed by atoms with van der Waals surface area (Å²) in [6.07, 6.45) is 0. The molecular weight excluding hydrogens is 412 g/mol. The monoisotopic (exact) mass is 436 g/mol. The summed E-state index contributed by atoms with van der Waals surface area (Å²) in [5.74, 6) is -0.736. The van der Waals surface area contributed by atoms with Crippen LogP contribution in [0.15, 0.2) is 115 Å². The van der Waals surface area contributed by atoms with Crippen molar-refractivity contribution in [2.24, 2.45) is 0 Å². The van der Waals surface area contributed by atoms with Gasteiger partial charge in [-0.05, 0) is 22.8 Å². The fourth-order valence-corrected chi connectivity index (χ4v) is 3.62. The Morgan fingerprint density at radius 2 is 1.15 bits per heavy atom. The van der Waals surface area contributed by atoms with Crippen LogP contribution in [-0.4, -0.2) is 18.4 Å². The van der Waals surface area contributed by atoms with Crippen LogP contribution in [0.25, 0.3) is 11.1 Å². The van der Waals surface area contributed by atoms with Crippen molar-refractivity contribution in [2.45, 2.75) is 5.92 Å². The molecule has 4 aromatic rings. The van der Waals surface area contributed by atoms with Gasteiger partial charge in [-0.3, -0.25) is 20.4 Å². The number of hydrogen-bond acceptors (Lipinski definition) is 3. The van der Waals surface area contributed by atoms with Crippen LogP contribution in [0.2, 0.25) is 0 Å². The van der Waals surface area contributed by atoms with Crippen molar-refractivity contribution >= 4 is 11.8 Å². The van der Waals surface area contributed by atoms with Crippen molar-refractivity contribution in [3.63, 3.8) is 0 Å². The number of ether oxygens (including phenoxy) is 1. The Morgan fingerprint density at radius 1 is 0.636 bits per heavy atom. The lowest BCUT2D eigenvalue weighted by atomic mass is 9.91. The van der Waals surface area contributed by atoms with Gasteiger partial charge < -0.3 is 4.74 Å². The molecule has 2 amide bonds. The van der Waals surface area contributed by atoms with Crippen molar-refractivity contribution in [3.8, 4) is 16.9 Å². The number of amides is 2.